The summed E-state index contributed by atoms with van der Waals surface area (Å²) in [6, 6.07) is 11.2. The Morgan fingerprint density at radius 1 is 0.938 bits per heavy atom. The van der Waals surface area contributed by atoms with Gasteiger partial charge in [0.05, 0.1) is 0 Å². The number of benzene rings is 2. The Hall–Kier alpha value is -0.150. The summed E-state index contributed by atoms with van der Waals surface area (Å²) < 4.78 is 0.986. The molecular weight excluding hydrogens is 327 g/mol. The van der Waals surface area contributed by atoms with Gasteiger partial charge in [0.1, 0.15) is 0 Å². The molecule has 0 aromatic heterocycles. The molecule has 0 amide bonds. The van der Waals surface area contributed by atoms with Crippen LogP contribution in [0.5, 0.6) is 0 Å². The highest BCUT2D eigenvalue weighted by atomic mass is 79.9. The van der Waals surface area contributed by atoms with Gasteiger partial charge in [-0.2, -0.15) is 0 Å². The average Bonchev–Trinajstić information content (AvgIpc) is 2.22. The monoisotopic (exact) mass is 332 g/mol. The molecular formula is C12H7BrCl2S. The van der Waals surface area contributed by atoms with Gasteiger partial charge in [-0.25, -0.2) is 0 Å². The molecule has 0 saturated carbocycles. The SMILES string of the molecule is Sc1cc(Br)ccc1-c1cc(Cl)ccc1Cl. The maximum absolute atomic E-state index is 6.14. The number of thiol groups is 1. The van der Waals surface area contributed by atoms with E-state index in [0.717, 1.165) is 20.5 Å². The van der Waals surface area contributed by atoms with E-state index in [0.29, 0.717) is 10.0 Å². The summed E-state index contributed by atoms with van der Waals surface area (Å²) in [7, 11) is 0. The molecule has 0 bridgehead atoms. The van der Waals surface area contributed by atoms with E-state index >= 15 is 0 Å². The molecule has 0 radical (unpaired) electrons. The smallest absolute Gasteiger partial charge is 0.0485 e. The first-order valence-corrected chi connectivity index (χ1v) is 6.51. The minimum atomic E-state index is 0.662. The van der Waals surface area contributed by atoms with Crippen LogP contribution < -0.4 is 0 Å². The second kappa shape index (κ2) is 5.01. The summed E-state index contributed by atoms with van der Waals surface area (Å²) in [5.41, 5.74) is 1.87. The van der Waals surface area contributed by atoms with Crippen LogP contribution in [-0.4, -0.2) is 0 Å². The third-order valence-corrected chi connectivity index (χ3v) is 3.61. The van der Waals surface area contributed by atoms with Crippen molar-refractivity contribution in [2.75, 3.05) is 0 Å². The van der Waals surface area contributed by atoms with Crippen LogP contribution in [0.1, 0.15) is 0 Å². The van der Waals surface area contributed by atoms with E-state index in [4.69, 9.17) is 23.2 Å². The molecule has 2 rings (SSSR count). The van der Waals surface area contributed by atoms with Crippen molar-refractivity contribution in [1.29, 1.82) is 0 Å². The Labute approximate surface area is 118 Å². The molecule has 0 aliphatic heterocycles. The van der Waals surface area contributed by atoms with Crippen LogP contribution in [0.2, 0.25) is 10.0 Å². The van der Waals surface area contributed by atoms with Crippen LogP contribution in [0.15, 0.2) is 45.8 Å². The molecule has 0 fully saturated rings. The van der Waals surface area contributed by atoms with E-state index in [2.05, 4.69) is 28.6 Å². The van der Waals surface area contributed by atoms with Crippen LogP contribution in [-0.2, 0) is 0 Å². The number of halogens is 3. The normalized spacial score (nSPS) is 10.5. The minimum Gasteiger partial charge on any atom is -0.143 e. The first kappa shape index (κ1) is 12.3. The van der Waals surface area contributed by atoms with Gasteiger partial charge in [-0.1, -0.05) is 45.2 Å². The van der Waals surface area contributed by atoms with E-state index in [1.807, 2.05) is 24.3 Å². The van der Waals surface area contributed by atoms with Gasteiger partial charge in [0, 0.05) is 25.0 Å². The molecule has 0 spiro atoms. The van der Waals surface area contributed by atoms with E-state index in [1.54, 1.807) is 12.1 Å². The fourth-order valence-corrected chi connectivity index (χ4v) is 2.70. The molecule has 2 aromatic carbocycles. The summed E-state index contributed by atoms with van der Waals surface area (Å²) in [6.45, 7) is 0. The van der Waals surface area contributed by atoms with Gasteiger partial charge in [0.2, 0.25) is 0 Å². The summed E-state index contributed by atoms with van der Waals surface area (Å²) in [4.78, 5) is 0.860. The molecule has 4 heteroatoms. The van der Waals surface area contributed by atoms with Gasteiger partial charge in [-0.3, -0.25) is 0 Å². The molecule has 0 atom stereocenters. The van der Waals surface area contributed by atoms with Crippen molar-refractivity contribution in [1.82, 2.24) is 0 Å². The average molecular weight is 334 g/mol. The summed E-state index contributed by atoms with van der Waals surface area (Å²) >= 11 is 19.9. The van der Waals surface area contributed by atoms with Crippen molar-refractivity contribution in [2.24, 2.45) is 0 Å². The third kappa shape index (κ3) is 2.57. The Kier molecular flexibility index (Phi) is 3.85. The molecule has 0 N–H and O–H groups in total. The lowest BCUT2D eigenvalue weighted by molar-refractivity contribution is 1.43. The fraction of sp³-hybridized carbons (Fsp3) is 0. The zero-order chi connectivity index (χ0) is 11.7. The third-order valence-electron chi connectivity index (χ3n) is 2.18. The van der Waals surface area contributed by atoms with Gasteiger partial charge in [-0.05, 0) is 35.9 Å². The van der Waals surface area contributed by atoms with Crippen molar-refractivity contribution < 1.29 is 0 Å². The Morgan fingerprint density at radius 2 is 1.69 bits per heavy atom. The van der Waals surface area contributed by atoms with E-state index in [9.17, 15) is 0 Å². The summed E-state index contributed by atoms with van der Waals surface area (Å²) in [6.07, 6.45) is 0. The molecule has 0 aliphatic rings. The Bertz CT molecular complexity index is 541. The van der Waals surface area contributed by atoms with Crippen LogP contribution in [0.4, 0.5) is 0 Å². The van der Waals surface area contributed by atoms with Crippen molar-refractivity contribution in [2.45, 2.75) is 4.90 Å². The van der Waals surface area contributed by atoms with Crippen LogP contribution in [0.3, 0.4) is 0 Å². The number of rotatable bonds is 1. The predicted octanol–water partition coefficient (Wildman–Crippen LogP) is 5.71. The van der Waals surface area contributed by atoms with Crippen LogP contribution in [0.25, 0.3) is 11.1 Å². The Balaban J connectivity index is 2.62. The van der Waals surface area contributed by atoms with Gasteiger partial charge in [0.15, 0.2) is 0 Å². The van der Waals surface area contributed by atoms with Gasteiger partial charge < -0.3 is 0 Å². The molecule has 0 unspecified atom stereocenters. The standard InChI is InChI=1S/C12H7BrCl2S/c13-7-1-3-9(12(16)5-7)10-6-8(14)2-4-11(10)15/h1-6,16H. The second-order valence-electron chi connectivity index (χ2n) is 3.29. The topological polar surface area (TPSA) is 0 Å². The molecule has 2 aromatic rings. The van der Waals surface area contributed by atoms with Crippen molar-refractivity contribution >= 4 is 51.8 Å². The highest BCUT2D eigenvalue weighted by Crippen LogP contribution is 2.35. The molecule has 0 aliphatic carbocycles. The molecule has 0 heterocycles. The lowest BCUT2D eigenvalue weighted by atomic mass is 10.1. The summed E-state index contributed by atoms with van der Waals surface area (Å²) in [5.74, 6) is 0. The minimum absolute atomic E-state index is 0.662. The van der Waals surface area contributed by atoms with Gasteiger partial charge in [0.25, 0.3) is 0 Å². The second-order valence-corrected chi connectivity index (χ2v) is 5.53. The largest absolute Gasteiger partial charge is 0.143 e. The predicted molar refractivity (Wildman–Crippen MR) is 76.9 cm³/mol. The highest BCUT2D eigenvalue weighted by molar-refractivity contribution is 9.10. The first-order valence-electron chi connectivity index (χ1n) is 4.52. The van der Waals surface area contributed by atoms with E-state index in [1.165, 1.54) is 0 Å². The molecule has 82 valence electrons. The van der Waals surface area contributed by atoms with Gasteiger partial charge >= 0.3 is 0 Å². The summed E-state index contributed by atoms with van der Waals surface area (Å²) in [5, 5.41) is 1.33. The lowest BCUT2D eigenvalue weighted by Gasteiger charge is -2.08. The zero-order valence-corrected chi connectivity index (χ0v) is 12.0. The number of hydrogen-bond donors (Lipinski definition) is 1. The highest BCUT2D eigenvalue weighted by Gasteiger charge is 2.07. The van der Waals surface area contributed by atoms with Crippen molar-refractivity contribution in [3.05, 3.63) is 50.9 Å². The first-order chi connectivity index (χ1) is 7.58. The van der Waals surface area contributed by atoms with Crippen molar-refractivity contribution in [3.8, 4) is 11.1 Å². The Morgan fingerprint density at radius 3 is 2.38 bits per heavy atom. The lowest BCUT2D eigenvalue weighted by Crippen LogP contribution is -1.82. The maximum atomic E-state index is 6.14. The van der Waals surface area contributed by atoms with Crippen LogP contribution in [0, 0.1) is 0 Å². The van der Waals surface area contributed by atoms with E-state index < -0.39 is 0 Å². The molecule has 0 saturated heterocycles. The maximum Gasteiger partial charge on any atom is 0.0485 e. The van der Waals surface area contributed by atoms with Crippen molar-refractivity contribution in [3.63, 3.8) is 0 Å². The molecule has 0 nitrogen and oxygen atoms in total. The van der Waals surface area contributed by atoms with E-state index in [-0.39, 0.29) is 0 Å². The fourth-order valence-electron chi connectivity index (χ4n) is 1.44. The number of hydrogen-bond acceptors (Lipinski definition) is 1. The quantitative estimate of drug-likeness (QED) is 0.635. The van der Waals surface area contributed by atoms with Gasteiger partial charge in [-0.15, -0.1) is 12.6 Å². The van der Waals surface area contributed by atoms with Crippen LogP contribution >= 0.6 is 51.8 Å². The molecule has 16 heavy (non-hydrogen) atoms. The zero-order valence-electron chi connectivity index (χ0n) is 8.05.